The molecule has 6 nitrogen and oxygen atoms in total. The van der Waals surface area contributed by atoms with Crippen LogP contribution in [0.25, 0.3) is 0 Å². The lowest BCUT2D eigenvalue weighted by atomic mass is 9.96. The third-order valence-electron chi connectivity index (χ3n) is 4.26. The van der Waals surface area contributed by atoms with E-state index in [9.17, 15) is 0 Å². The average molecular weight is 322 g/mol. The highest BCUT2D eigenvalue weighted by Crippen LogP contribution is 2.18. The summed E-state index contributed by atoms with van der Waals surface area (Å²) >= 11 is 0. The van der Waals surface area contributed by atoms with E-state index < -0.39 is 0 Å². The Morgan fingerprint density at radius 2 is 2.17 bits per heavy atom. The smallest absolute Gasteiger partial charge is 0.194 e. The van der Waals surface area contributed by atoms with Gasteiger partial charge in [-0.15, -0.1) is 0 Å². The average Bonchev–Trinajstić information content (AvgIpc) is 3.05. The molecule has 1 aromatic rings. The van der Waals surface area contributed by atoms with E-state index >= 15 is 0 Å². The minimum Gasteiger partial charge on any atom is -0.381 e. The molecule has 0 bridgehead atoms. The number of aryl methyl sites for hydroxylation is 1. The summed E-state index contributed by atoms with van der Waals surface area (Å²) in [6, 6.07) is 1.98. The van der Waals surface area contributed by atoms with Crippen molar-refractivity contribution in [3.63, 3.8) is 0 Å². The van der Waals surface area contributed by atoms with Gasteiger partial charge in [0.1, 0.15) is 6.54 Å². The Hall–Kier alpha value is -1.56. The lowest BCUT2D eigenvalue weighted by Crippen LogP contribution is -2.40. The first-order valence-electron chi connectivity index (χ1n) is 8.74. The zero-order valence-electron chi connectivity index (χ0n) is 14.7. The molecular formula is C17H30N4O2. The van der Waals surface area contributed by atoms with Crippen LogP contribution in [0.1, 0.15) is 44.6 Å². The minimum atomic E-state index is 0.525. The van der Waals surface area contributed by atoms with Crippen molar-refractivity contribution in [1.82, 2.24) is 15.4 Å². The second-order valence-electron chi connectivity index (χ2n) is 6.07. The van der Waals surface area contributed by atoms with Gasteiger partial charge in [0.15, 0.2) is 11.7 Å². The molecule has 2 rings (SSSR count). The van der Waals surface area contributed by atoms with Gasteiger partial charge in [0, 0.05) is 39.4 Å². The highest BCUT2D eigenvalue weighted by Gasteiger charge is 2.15. The number of guanidine groups is 1. The van der Waals surface area contributed by atoms with E-state index in [0.29, 0.717) is 6.54 Å². The standard InChI is InChI=1S/C17H30N4O2/c1-4-15-12-16(23-20-15)13-19-17(18-5-2)21(3)9-6-14-7-10-22-11-8-14/h12,14H,4-11,13H2,1-3H3,(H,18,19). The fourth-order valence-electron chi connectivity index (χ4n) is 2.74. The molecule has 1 aromatic heterocycles. The monoisotopic (exact) mass is 322 g/mol. The predicted octanol–water partition coefficient (Wildman–Crippen LogP) is 2.45. The Morgan fingerprint density at radius 1 is 1.39 bits per heavy atom. The molecule has 2 heterocycles. The zero-order chi connectivity index (χ0) is 16.5. The van der Waals surface area contributed by atoms with Crippen LogP contribution in [-0.2, 0) is 17.7 Å². The van der Waals surface area contributed by atoms with E-state index in [4.69, 9.17) is 9.26 Å². The summed E-state index contributed by atoms with van der Waals surface area (Å²) in [5, 5.41) is 7.36. The summed E-state index contributed by atoms with van der Waals surface area (Å²) in [7, 11) is 2.10. The van der Waals surface area contributed by atoms with Crippen LogP contribution >= 0.6 is 0 Å². The number of aromatic nitrogens is 1. The fraction of sp³-hybridized carbons (Fsp3) is 0.765. The number of nitrogens with zero attached hydrogens (tertiary/aromatic N) is 3. The summed E-state index contributed by atoms with van der Waals surface area (Å²) in [6.45, 7) is 8.37. The predicted molar refractivity (Wildman–Crippen MR) is 91.5 cm³/mol. The number of rotatable bonds is 7. The molecule has 1 saturated heterocycles. The van der Waals surface area contributed by atoms with E-state index in [1.807, 2.05) is 6.07 Å². The summed E-state index contributed by atoms with van der Waals surface area (Å²) < 4.78 is 10.7. The number of nitrogens with one attached hydrogen (secondary N) is 1. The summed E-state index contributed by atoms with van der Waals surface area (Å²) in [4.78, 5) is 6.87. The molecule has 0 spiro atoms. The number of hydrogen-bond donors (Lipinski definition) is 1. The lowest BCUT2D eigenvalue weighted by Gasteiger charge is -2.26. The summed E-state index contributed by atoms with van der Waals surface area (Å²) in [5.74, 6) is 2.51. The molecular weight excluding hydrogens is 292 g/mol. The first-order chi connectivity index (χ1) is 11.2. The zero-order valence-corrected chi connectivity index (χ0v) is 14.7. The molecule has 130 valence electrons. The third-order valence-corrected chi connectivity index (χ3v) is 4.26. The summed E-state index contributed by atoms with van der Waals surface area (Å²) in [5.41, 5.74) is 0.980. The van der Waals surface area contributed by atoms with Crippen LogP contribution in [0.15, 0.2) is 15.6 Å². The topological polar surface area (TPSA) is 62.9 Å². The Balaban J connectivity index is 1.85. The Bertz CT molecular complexity index is 481. The molecule has 23 heavy (non-hydrogen) atoms. The normalized spacial score (nSPS) is 16.6. The number of hydrogen-bond acceptors (Lipinski definition) is 4. The van der Waals surface area contributed by atoms with Crippen LogP contribution in [0.4, 0.5) is 0 Å². The van der Waals surface area contributed by atoms with Crippen molar-refractivity contribution in [2.45, 2.75) is 46.1 Å². The molecule has 0 atom stereocenters. The second kappa shape index (κ2) is 9.55. The third kappa shape index (κ3) is 5.86. The highest BCUT2D eigenvalue weighted by atomic mass is 16.5. The molecule has 0 amide bonds. The van der Waals surface area contributed by atoms with Gasteiger partial charge in [0.25, 0.3) is 0 Å². The van der Waals surface area contributed by atoms with Gasteiger partial charge >= 0.3 is 0 Å². The van der Waals surface area contributed by atoms with E-state index in [2.05, 4.69) is 41.3 Å². The van der Waals surface area contributed by atoms with E-state index in [0.717, 1.165) is 56.1 Å². The van der Waals surface area contributed by atoms with E-state index in [1.54, 1.807) is 0 Å². The molecule has 1 aliphatic rings. The van der Waals surface area contributed by atoms with Crippen LogP contribution < -0.4 is 5.32 Å². The molecule has 1 N–H and O–H groups in total. The molecule has 0 aliphatic carbocycles. The first kappa shape index (κ1) is 17.8. The highest BCUT2D eigenvalue weighted by molar-refractivity contribution is 5.79. The molecule has 1 aliphatic heterocycles. The van der Waals surface area contributed by atoms with Gasteiger partial charge in [0.2, 0.25) is 0 Å². The van der Waals surface area contributed by atoms with Crippen LogP contribution in [0.5, 0.6) is 0 Å². The maximum Gasteiger partial charge on any atom is 0.194 e. The molecule has 6 heteroatoms. The van der Waals surface area contributed by atoms with Crippen LogP contribution in [0.3, 0.4) is 0 Å². The van der Waals surface area contributed by atoms with Crippen LogP contribution in [-0.4, -0.2) is 49.4 Å². The number of aliphatic imine (C=N–C) groups is 1. The van der Waals surface area contributed by atoms with Crippen LogP contribution in [0.2, 0.25) is 0 Å². The molecule has 0 radical (unpaired) electrons. The minimum absolute atomic E-state index is 0.525. The SMILES string of the molecule is CCNC(=NCc1cc(CC)no1)N(C)CCC1CCOCC1. The van der Waals surface area contributed by atoms with Crippen molar-refractivity contribution in [3.8, 4) is 0 Å². The van der Waals surface area contributed by atoms with Gasteiger partial charge in [-0.25, -0.2) is 4.99 Å². The molecule has 0 saturated carbocycles. The van der Waals surface area contributed by atoms with Crippen molar-refractivity contribution in [3.05, 3.63) is 17.5 Å². The Morgan fingerprint density at radius 3 is 2.83 bits per heavy atom. The quantitative estimate of drug-likeness (QED) is 0.617. The van der Waals surface area contributed by atoms with Gasteiger partial charge in [-0.1, -0.05) is 12.1 Å². The van der Waals surface area contributed by atoms with Crippen LogP contribution in [0, 0.1) is 5.92 Å². The first-order valence-corrected chi connectivity index (χ1v) is 8.74. The molecule has 1 fully saturated rings. The van der Waals surface area contributed by atoms with Crippen molar-refractivity contribution >= 4 is 5.96 Å². The lowest BCUT2D eigenvalue weighted by molar-refractivity contribution is 0.0625. The van der Waals surface area contributed by atoms with Gasteiger partial charge in [-0.3, -0.25) is 0 Å². The molecule has 0 aromatic carbocycles. The van der Waals surface area contributed by atoms with Crippen molar-refractivity contribution < 1.29 is 9.26 Å². The van der Waals surface area contributed by atoms with Crippen molar-refractivity contribution in [2.24, 2.45) is 10.9 Å². The van der Waals surface area contributed by atoms with Gasteiger partial charge in [-0.2, -0.15) is 0 Å². The van der Waals surface area contributed by atoms with Gasteiger partial charge in [-0.05, 0) is 38.5 Å². The summed E-state index contributed by atoms with van der Waals surface area (Å²) in [6.07, 6.45) is 4.43. The number of ether oxygens (including phenoxy) is 1. The van der Waals surface area contributed by atoms with Gasteiger partial charge in [0.05, 0.1) is 5.69 Å². The molecule has 0 unspecified atom stereocenters. The van der Waals surface area contributed by atoms with Crippen molar-refractivity contribution in [1.29, 1.82) is 0 Å². The van der Waals surface area contributed by atoms with Gasteiger partial charge < -0.3 is 19.5 Å². The van der Waals surface area contributed by atoms with E-state index in [1.165, 1.54) is 19.3 Å². The van der Waals surface area contributed by atoms with Crippen molar-refractivity contribution in [2.75, 3.05) is 33.4 Å². The maximum atomic E-state index is 5.43. The Kier molecular flexibility index (Phi) is 7.39. The Labute approximate surface area is 139 Å². The fourth-order valence-corrected chi connectivity index (χ4v) is 2.74. The maximum absolute atomic E-state index is 5.43. The van der Waals surface area contributed by atoms with E-state index in [-0.39, 0.29) is 0 Å². The largest absolute Gasteiger partial charge is 0.381 e. The second-order valence-corrected chi connectivity index (χ2v) is 6.07.